The Labute approximate surface area is 121 Å². The fourth-order valence-electron chi connectivity index (χ4n) is 3.04. The Hall–Kier alpha value is -1.13. The molecule has 110 valence electrons. The van der Waals surface area contributed by atoms with Gasteiger partial charge in [0.15, 0.2) is 0 Å². The van der Waals surface area contributed by atoms with Crippen LogP contribution in [0.1, 0.15) is 32.4 Å². The molecule has 2 aliphatic rings. The molecule has 0 saturated carbocycles. The van der Waals surface area contributed by atoms with E-state index in [2.05, 4.69) is 47.7 Å². The van der Waals surface area contributed by atoms with Crippen molar-refractivity contribution in [1.82, 2.24) is 9.88 Å². The van der Waals surface area contributed by atoms with Crippen LogP contribution in [0.5, 0.6) is 0 Å². The molecule has 0 bridgehead atoms. The predicted molar refractivity (Wildman–Crippen MR) is 81.3 cm³/mol. The Kier molecular flexibility index (Phi) is 3.94. The number of rotatable bonds is 3. The molecule has 0 amide bonds. The maximum absolute atomic E-state index is 5.31. The number of nitrogens with zero attached hydrogens (tertiary/aromatic N) is 3. The van der Waals surface area contributed by atoms with E-state index in [1.807, 2.05) is 6.20 Å². The van der Waals surface area contributed by atoms with Crippen molar-refractivity contribution in [3.8, 4) is 0 Å². The van der Waals surface area contributed by atoms with Crippen LogP contribution in [0.25, 0.3) is 0 Å². The van der Waals surface area contributed by atoms with E-state index in [1.54, 1.807) is 0 Å². The molecule has 1 unspecified atom stereocenters. The predicted octanol–water partition coefficient (Wildman–Crippen LogP) is 2.11. The van der Waals surface area contributed by atoms with E-state index in [9.17, 15) is 0 Å². The molecular formula is C16H25N3O. The van der Waals surface area contributed by atoms with Gasteiger partial charge in [0.1, 0.15) is 0 Å². The molecule has 1 aromatic rings. The zero-order valence-corrected chi connectivity index (χ0v) is 12.7. The molecule has 0 aromatic carbocycles. The van der Waals surface area contributed by atoms with Crippen molar-refractivity contribution in [2.24, 2.45) is 0 Å². The third kappa shape index (κ3) is 2.67. The summed E-state index contributed by atoms with van der Waals surface area (Å²) in [7, 11) is 0. The lowest BCUT2D eigenvalue weighted by Crippen LogP contribution is -2.59. The van der Waals surface area contributed by atoms with Gasteiger partial charge in [-0.3, -0.25) is 9.88 Å². The quantitative estimate of drug-likeness (QED) is 0.845. The molecule has 3 rings (SSSR count). The van der Waals surface area contributed by atoms with Crippen molar-refractivity contribution in [3.05, 3.63) is 24.0 Å². The molecule has 2 aliphatic heterocycles. The van der Waals surface area contributed by atoms with Crippen LogP contribution in [0.15, 0.2) is 18.3 Å². The number of ether oxygens (including phenoxy) is 1. The number of piperazine rings is 1. The third-order valence-corrected chi connectivity index (χ3v) is 4.49. The van der Waals surface area contributed by atoms with Gasteiger partial charge in [0.25, 0.3) is 0 Å². The van der Waals surface area contributed by atoms with Gasteiger partial charge in [-0.2, -0.15) is 0 Å². The van der Waals surface area contributed by atoms with Crippen LogP contribution in [0.2, 0.25) is 0 Å². The van der Waals surface area contributed by atoms with Crippen molar-refractivity contribution in [2.45, 2.75) is 38.8 Å². The van der Waals surface area contributed by atoms with Crippen LogP contribution in [-0.2, 0) is 4.74 Å². The van der Waals surface area contributed by atoms with Crippen molar-refractivity contribution in [3.63, 3.8) is 0 Å². The molecular weight excluding hydrogens is 250 g/mol. The Morgan fingerprint density at radius 2 is 2.05 bits per heavy atom. The average Bonchev–Trinajstić information content (AvgIpc) is 2.37. The molecule has 2 saturated heterocycles. The minimum atomic E-state index is 0.497. The fraction of sp³-hybridized carbons (Fsp3) is 0.688. The van der Waals surface area contributed by atoms with Crippen LogP contribution < -0.4 is 4.90 Å². The standard InChI is InChI=1S/C16H25N3O/c1-12(2)16-5-4-14(8-17-16)19-7-6-18(9-13(19)3)15-10-20-11-15/h4-5,8,12-13,15H,6-7,9-11H2,1-3H3. The first kappa shape index (κ1) is 13.8. The molecule has 0 aliphatic carbocycles. The second-order valence-corrected chi connectivity index (χ2v) is 6.32. The minimum Gasteiger partial charge on any atom is -0.378 e. The van der Waals surface area contributed by atoms with Gasteiger partial charge in [-0.15, -0.1) is 0 Å². The highest BCUT2D eigenvalue weighted by Crippen LogP contribution is 2.23. The van der Waals surface area contributed by atoms with Gasteiger partial charge in [-0.25, -0.2) is 0 Å². The van der Waals surface area contributed by atoms with Crippen LogP contribution in [0.3, 0.4) is 0 Å². The number of anilines is 1. The number of aromatic nitrogens is 1. The Balaban J connectivity index is 1.65. The number of hydrogen-bond donors (Lipinski definition) is 0. The summed E-state index contributed by atoms with van der Waals surface area (Å²) in [4.78, 5) is 9.64. The van der Waals surface area contributed by atoms with E-state index in [-0.39, 0.29) is 0 Å². The second kappa shape index (κ2) is 5.70. The second-order valence-electron chi connectivity index (χ2n) is 6.32. The highest BCUT2D eigenvalue weighted by atomic mass is 16.5. The van der Waals surface area contributed by atoms with Crippen molar-refractivity contribution >= 4 is 5.69 Å². The number of pyridine rings is 1. The van der Waals surface area contributed by atoms with Gasteiger partial charge in [0.05, 0.1) is 31.1 Å². The van der Waals surface area contributed by atoms with Crippen molar-refractivity contribution < 1.29 is 4.74 Å². The van der Waals surface area contributed by atoms with E-state index >= 15 is 0 Å². The molecule has 0 radical (unpaired) electrons. The number of hydrogen-bond acceptors (Lipinski definition) is 4. The lowest BCUT2D eigenvalue weighted by atomic mass is 10.1. The Bertz CT molecular complexity index is 442. The summed E-state index contributed by atoms with van der Waals surface area (Å²) in [6.07, 6.45) is 2.04. The average molecular weight is 275 g/mol. The van der Waals surface area contributed by atoms with Gasteiger partial charge < -0.3 is 9.64 Å². The minimum absolute atomic E-state index is 0.497. The molecule has 0 N–H and O–H groups in total. The maximum Gasteiger partial charge on any atom is 0.0645 e. The normalized spacial score (nSPS) is 25.0. The topological polar surface area (TPSA) is 28.6 Å². The van der Waals surface area contributed by atoms with E-state index in [0.717, 1.165) is 32.8 Å². The van der Waals surface area contributed by atoms with Crippen LogP contribution in [0, 0.1) is 0 Å². The first-order valence-electron chi connectivity index (χ1n) is 7.69. The summed E-state index contributed by atoms with van der Waals surface area (Å²) in [5.41, 5.74) is 2.43. The summed E-state index contributed by atoms with van der Waals surface area (Å²) in [5, 5.41) is 0. The largest absolute Gasteiger partial charge is 0.378 e. The monoisotopic (exact) mass is 275 g/mol. The molecule has 1 atom stereocenters. The Morgan fingerprint density at radius 1 is 1.25 bits per heavy atom. The summed E-state index contributed by atoms with van der Waals surface area (Å²) < 4.78 is 5.31. The van der Waals surface area contributed by atoms with Gasteiger partial charge in [0, 0.05) is 31.4 Å². The summed E-state index contributed by atoms with van der Waals surface area (Å²) >= 11 is 0. The SMILES string of the molecule is CC(C)c1ccc(N2CCN(C3COC3)CC2C)cn1. The first-order valence-corrected chi connectivity index (χ1v) is 7.69. The lowest BCUT2D eigenvalue weighted by molar-refractivity contribution is -0.0691. The van der Waals surface area contributed by atoms with Crippen LogP contribution in [0.4, 0.5) is 5.69 Å². The van der Waals surface area contributed by atoms with E-state index in [1.165, 1.54) is 11.4 Å². The van der Waals surface area contributed by atoms with Gasteiger partial charge in [-0.05, 0) is 25.0 Å². The lowest BCUT2D eigenvalue weighted by Gasteiger charge is -2.46. The highest BCUT2D eigenvalue weighted by Gasteiger charge is 2.32. The van der Waals surface area contributed by atoms with E-state index in [4.69, 9.17) is 4.74 Å². The van der Waals surface area contributed by atoms with Crippen molar-refractivity contribution in [2.75, 3.05) is 37.7 Å². The summed E-state index contributed by atoms with van der Waals surface area (Å²) in [6.45, 7) is 11.8. The van der Waals surface area contributed by atoms with Crippen LogP contribution >= 0.6 is 0 Å². The molecule has 4 nitrogen and oxygen atoms in total. The molecule has 20 heavy (non-hydrogen) atoms. The molecule has 0 spiro atoms. The van der Waals surface area contributed by atoms with Crippen LogP contribution in [-0.4, -0.2) is 54.8 Å². The summed E-state index contributed by atoms with van der Waals surface area (Å²) in [5.74, 6) is 0.497. The van der Waals surface area contributed by atoms with Gasteiger partial charge >= 0.3 is 0 Å². The molecule has 3 heterocycles. The van der Waals surface area contributed by atoms with Gasteiger partial charge in [0.2, 0.25) is 0 Å². The van der Waals surface area contributed by atoms with Gasteiger partial charge in [-0.1, -0.05) is 13.8 Å². The molecule has 1 aromatic heterocycles. The zero-order chi connectivity index (χ0) is 14.1. The molecule has 2 fully saturated rings. The summed E-state index contributed by atoms with van der Waals surface area (Å²) in [6, 6.07) is 5.58. The maximum atomic E-state index is 5.31. The third-order valence-electron chi connectivity index (χ3n) is 4.49. The smallest absolute Gasteiger partial charge is 0.0645 e. The van der Waals surface area contributed by atoms with E-state index < -0.39 is 0 Å². The van der Waals surface area contributed by atoms with Crippen molar-refractivity contribution in [1.29, 1.82) is 0 Å². The highest BCUT2D eigenvalue weighted by molar-refractivity contribution is 5.46. The van der Waals surface area contributed by atoms with E-state index in [0.29, 0.717) is 18.0 Å². The zero-order valence-electron chi connectivity index (χ0n) is 12.7. The first-order chi connectivity index (χ1) is 9.65. The fourth-order valence-corrected chi connectivity index (χ4v) is 3.04. The Morgan fingerprint density at radius 3 is 2.55 bits per heavy atom. The molecule has 4 heteroatoms.